The largest absolute Gasteiger partial charge is 0.465 e. The summed E-state index contributed by atoms with van der Waals surface area (Å²) in [6, 6.07) is 11.6. The first-order chi connectivity index (χ1) is 14.1. The van der Waals surface area contributed by atoms with Gasteiger partial charge in [0.1, 0.15) is 23.0 Å². The molecule has 0 atom stereocenters. The molecule has 1 heterocycles. The highest BCUT2D eigenvalue weighted by Crippen LogP contribution is 2.40. The third-order valence-corrected chi connectivity index (χ3v) is 6.24. The van der Waals surface area contributed by atoms with E-state index >= 15 is 0 Å². The molecule has 0 radical (unpaired) electrons. The minimum absolute atomic E-state index is 0.167. The monoisotopic (exact) mass is 406 g/mol. The van der Waals surface area contributed by atoms with Gasteiger partial charge in [-0.05, 0) is 42.0 Å². The zero-order chi connectivity index (χ0) is 20.8. The Hall–Kier alpha value is -3.03. The molecule has 29 heavy (non-hydrogen) atoms. The maximum atomic E-state index is 11.7. The first kappa shape index (κ1) is 20.7. The van der Waals surface area contributed by atoms with Crippen LogP contribution in [0.4, 0.5) is 5.82 Å². The highest BCUT2D eigenvalue weighted by Gasteiger charge is 2.26. The van der Waals surface area contributed by atoms with Crippen LogP contribution < -0.4 is 5.73 Å². The molecule has 1 aliphatic rings. The standard InChI is InChI=1S/C22H22N4O2S/c1-28-22(27)16-9-5-6-14(10-16)13-29-21-18(12-24)19(15-7-3-2-4-8-15)17(11-23)20(25)26-21/h5-6,9-10,15H,2-4,7-8,13H2,1H3,(H2,25,26). The molecule has 1 aromatic carbocycles. The van der Waals surface area contributed by atoms with E-state index in [9.17, 15) is 15.3 Å². The van der Waals surface area contributed by atoms with Gasteiger partial charge >= 0.3 is 5.97 Å². The van der Waals surface area contributed by atoms with Gasteiger partial charge in [-0.3, -0.25) is 0 Å². The van der Waals surface area contributed by atoms with E-state index in [1.165, 1.54) is 25.3 Å². The highest BCUT2D eigenvalue weighted by molar-refractivity contribution is 7.98. The van der Waals surface area contributed by atoms with Crippen molar-refractivity contribution in [2.24, 2.45) is 0 Å². The van der Waals surface area contributed by atoms with E-state index in [-0.39, 0.29) is 11.7 Å². The number of hydrogen-bond acceptors (Lipinski definition) is 7. The molecule has 0 amide bonds. The topological polar surface area (TPSA) is 113 Å². The number of carbonyl (C=O) groups excluding carboxylic acids is 1. The van der Waals surface area contributed by atoms with Crippen LogP contribution in [0.5, 0.6) is 0 Å². The van der Waals surface area contributed by atoms with Gasteiger partial charge in [0.2, 0.25) is 0 Å². The lowest BCUT2D eigenvalue weighted by atomic mass is 9.80. The number of benzene rings is 1. The number of aromatic nitrogens is 1. The summed E-state index contributed by atoms with van der Waals surface area (Å²) in [5, 5.41) is 20.0. The fourth-order valence-electron chi connectivity index (χ4n) is 3.79. The number of nitriles is 2. The summed E-state index contributed by atoms with van der Waals surface area (Å²) in [6.45, 7) is 0. The Labute approximate surface area is 174 Å². The van der Waals surface area contributed by atoms with Crippen LogP contribution in [0.25, 0.3) is 0 Å². The van der Waals surface area contributed by atoms with Gasteiger partial charge in [-0.25, -0.2) is 9.78 Å². The Balaban J connectivity index is 1.94. The van der Waals surface area contributed by atoms with Crippen LogP contribution in [0.2, 0.25) is 0 Å². The predicted molar refractivity (Wildman–Crippen MR) is 111 cm³/mol. The van der Waals surface area contributed by atoms with Crippen molar-refractivity contribution in [3.8, 4) is 12.1 Å². The maximum absolute atomic E-state index is 11.7. The minimum atomic E-state index is -0.394. The normalized spacial score (nSPS) is 14.0. The molecule has 0 aliphatic heterocycles. The van der Waals surface area contributed by atoms with Crippen LogP contribution >= 0.6 is 11.8 Å². The van der Waals surface area contributed by atoms with E-state index in [0.29, 0.717) is 27.5 Å². The summed E-state index contributed by atoms with van der Waals surface area (Å²) in [4.78, 5) is 16.1. The van der Waals surface area contributed by atoms with Gasteiger partial charge < -0.3 is 10.5 Å². The number of hydrogen-bond donors (Lipinski definition) is 1. The zero-order valence-electron chi connectivity index (χ0n) is 16.3. The second-order valence-electron chi connectivity index (χ2n) is 7.01. The highest BCUT2D eigenvalue weighted by atomic mass is 32.2. The number of nitrogens with zero attached hydrogens (tertiary/aromatic N) is 3. The average molecular weight is 407 g/mol. The van der Waals surface area contributed by atoms with Gasteiger partial charge in [0.15, 0.2) is 0 Å². The molecule has 6 nitrogen and oxygen atoms in total. The Morgan fingerprint density at radius 1 is 1.24 bits per heavy atom. The number of esters is 1. The molecule has 3 rings (SSSR count). The Morgan fingerprint density at radius 3 is 2.62 bits per heavy atom. The van der Waals surface area contributed by atoms with Crippen molar-refractivity contribution in [2.45, 2.75) is 48.8 Å². The van der Waals surface area contributed by atoms with E-state index < -0.39 is 5.97 Å². The molecular weight excluding hydrogens is 384 g/mol. The van der Waals surface area contributed by atoms with Crippen molar-refractivity contribution in [1.82, 2.24) is 4.98 Å². The molecule has 2 N–H and O–H groups in total. The number of ether oxygens (including phenoxy) is 1. The molecule has 1 saturated carbocycles. The molecule has 0 unspecified atom stereocenters. The van der Waals surface area contributed by atoms with Crippen molar-refractivity contribution in [1.29, 1.82) is 10.5 Å². The van der Waals surface area contributed by atoms with Crippen LogP contribution in [0.1, 0.15) is 70.6 Å². The number of nitrogens with two attached hydrogens (primary N) is 1. The maximum Gasteiger partial charge on any atom is 0.337 e. The Morgan fingerprint density at radius 2 is 1.97 bits per heavy atom. The number of nitrogen functional groups attached to an aromatic ring is 1. The third kappa shape index (κ3) is 4.52. The molecule has 1 aliphatic carbocycles. The van der Waals surface area contributed by atoms with E-state index in [1.54, 1.807) is 18.2 Å². The molecule has 7 heteroatoms. The van der Waals surface area contributed by atoms with Crippen molar-refractivity contribution < 1.29 is 9.53 Å². The molecular formula is C22H22N4O2S. The second kappa shape index (κ2) is 9.45. The average Bonchev–Trinajstić information content (AvgIpc) is 2.77. The van der Waals surface area contributed by atoms with E-state index in [1.807, 2.05) is 6.07 Å². The summed E-state index contributed by atoms with van der Waals surface area (Å²) in [6.07, 6.45) is 5.27. The number of carbonyl (C=O) groups is 1. The number of methoxy groups -OCH3 is 1. The molecule has 148 valence electrons. The minimum Gasteiger partial charge on any atom is -0.465 e. The predicted octanol–water partition coefficient (Wildman–Crippen LogP) is 4.53. The SMILES string of the molecule is COC(=O)c1cccc(CSc2nc(N)c(C#N)c(C3CCCCC3)c2C#N)c1. The fourth-order valence-corrected chi connectivity index (χ4v) is 4.73. The van der Waals surface area contributed by atoms with E-state index in [4.69, 9.17) is 10.5 Å². The summed E-state index contributed by atoms with van der Waals surface area (Å²) < 4.78 is 4.77. The van der Waals surface area contributed by atoms with Crippen LogP contribution in [0.15, 0.2) is 29.3 Å². The van der Waals surface area contributed by atoms with Gasteiger partial charge in [-0.15, -0.1) is 11.8 Å². The van der Waals surface area contributed by atoms with Gasteiger partial charge in [-0.1, -0.05) is 31.4 Å². The van der Waals surface area contributed by atoms with Gasteiger partial charge in [0.25, 0.3) is 0 Å². The van der Waals surface area contributed by atoms with Gasteiger partial charge in [0.05, 0.1) is 23.8 Å². The lowest BCUT2D eigenvalue weighted by Crippen LogP contribution is -2.13. The van der Waals surface area contributed by atoms with Crippen molar-refractivity contribution in [3.05, 3.63) is 52.1 Å². The van der Waals surface area contributed by atoms with E-state index in [0.717, 1.165) is 36.8 Å². The van der Waals surface area contributed by atoms with Gasteiger partial charge in [-0.2, -0.15) is 10.5 Å². The molecule has 0 bridgehead atoms. The first-order valence-electron chi connectivity index (χ1n) is 9.52. The second-order valence-corrected chi connectivity index (χ2v) is 7.97. The fraction of sp³-hybridized carbons (Fsp3) is 0.364. The van der Waals surface area contributed by atoms with Crippen LogP contribution in [-0.2, 0) is 10.5 Å². The molecule has 1 fully saturated rings. The summed E-state index contributed by atoms with van der Waals surface area (Å²) in [5.74, 6) is 0.468. The molecule has 2 aromatic rings. The van der Waals surface area contributed by atoms with Crippen LogP contribution in [0, 0.1) is 22.7 Å². The first-order valence-corrected chi connectivity index (χ1v) is 10.5. The number of anilines is 1. The Kier molecular flexibility index (Phi) is 6.74. The number of rotatable bonds is 5. The number of pyridine rings is 1. The van der Waals surface area contributed by atoms with Crippen molar-refractivity contribution >= 4 is 23.5 Å². The quantitative estimate of drug-likeness (QED) is 0.573. The smallest absolute Gasteiger partial charge is 0.337 e. The molecule has 0 saturated heterocycles. The third-order valence-electron chi connectivity index (χ3n) is 5.19. The van der Waals surface area contributed by atoms with Crippen LogP contribution in [-0.4, -0.2) is 18.1 Å². The Bertz CT molecular complexity index is 1000. The zero-order valence-corrected chi connectivity index (χ0v) is 17.1. The molecule has 0 spiro atoms. The van der Waals surface area contributed by atoms with Crippen molar-refractivity contribution in [2.75, 3.05) is 12.8 Å². The number of thioether (sulfide) groups is 1. The summed E-state index contributed by atoms with van der Waals surface area (Å²) >= 11 is 1.39. The lowest BCUT2D eigenvalue weighted by molar-refractivity contribution is 0.0600. The molecule has 1 aromatic heterocycles. The summed E-state index contributed by atoms with van der Waals surface area (Å²) in [5.41, 5.74) is 9.03. The lowest BCUT2D eigenvalue weighted by Gasteiger charge is -2.25. The summed E-state index contributed by atoms with van der Waals surface area (Å²) in [7, 11) is 1.35. The van der Waals surface area contributed by atoms with Gasteiger partial charge in [0, 0.05) is 5.75 Å². The van der Waals surface area contributed by atoms with Crippen molar-refractivity contribution in [3.63, 3.8) is 0 Å². The van der Waals surface area contributed by atoms with E-state index in [2.05, 4.69) is 17.1 Å². The van der Waals surface area contributed by atoms with Crippen LogP contribution in [0.3, 0.4) is 0 Å².